The van der Waals surface area contributed by atoms with Crippen molar-refractivity contribution in [3.05, 3.63) is 51.4 Å². The van der Waals surface area contributed by atoms with Gasteiger partial charge in [-0.2, -0.15) is 0 Å². The maximum atomic E-state index is 12.6. The number of amides is 1. The molecule has 7 heteroatoms. The normalized spacial score (nSPS) is 10.8. The Bertz CT molecular complexity index is 825. The fourth-order valence-electron chi connectivity index (χ4n) is 2.68. The highest BCUT2D eigenvalue weighted by molar-refractivity contribution is 7.18. The van der Waals surface area contributed by atoms with Crippen molar-refractivity contribution in [3.63, 3.8) is 0 Å². The molecule has 26 heavy (non-hydrogen) atoms. The quantitative estimate of drug-likeness (QED) is 0.689. The molecule has 0 aliphatic rings. The van der Waals surface area contributed by atoms with Crippen LogP contribution in [0.1, 0.15) is 55.4 Å². The Morgan fingerprint density at radius 2 is 1.96 bits per heavy atom. The number of anilines is 1. The monoisotopic (exact) mass is 374 g/mol. The van der Waals surface area contributed by atoms with E-state index < -0.39 is 11.9 Å². The van der Waals surface area contributed by atoms with Crippen LogP contribution in [-0.4, -0.2) is 41.3 Å². The Labute approximate surface area is 156 Å². The third kappa shape index (κ3) is 4.36. The van der Waals surface area contributed by atoms with Crippen molar-refractivity contribution >= 4 is 34.5 Å². The Hall–Kier alpha value is -2.51. The molecule has 1 amide bonds. The maximum absolute atomic E-state index is 12.6. The third-order valence-corrected chi connectivity index (χ3v) is 5.35. The van der Waals surface area contributed by atoms with Crippen LogP contribution in [0.15, 0.2) is 24.3 Å². The minimum absolute atomic E-state index is 0.0373. The number of hydrogen-bond donors (Lipinski definition) is 2. The summed E-state index contributed by atoms with van der Waals surface area (Å²) >= 11 is 0.970. The fourth-order valence-corrected chi connectivity index (χ4v) is 3.69. The Morgan fingerprint density at radius 3 is 2.54 bits per heavy atom. The Kier molecular flexibility index (Phi) is 6.65. The molecule has 0 saturated carbocycles. The van der Waals surface area contributed by atoms with Crippen molar-refractivity contribution in [1.82, 2.24) is 4.90 Å². The van der Waals surface area contributed by atoms with Gasteiger partial charge in [0, 0.05) is 12.1 Å². The topological polar surface area (TPSA) is 86.7 Å². The summed E-state index contributed by atoms with van der Waals surface area (Å²) in [4.78, 5) is 37.7. The first-order chi connectivity index (χ1) is 12.4. The lowest BCUT2D eigenvalue weighted by molar-refractivity contribution is 0.0697. The zero-order chi connectivity index (χ0) is 19.3. The van der Waals surface area contributed by atoms with Gasteiger partial charge in [-0.25, -0.2) is 4.79 Å². The highest BCUT2D eigenvalue weighted by atomic mass is 32.1. The smallest absolute Gasteiger partial charge is 0.339 e. The van der Waals surface area contributed by atoms with Crippen molar-refractivity contribution in [2.24, 2.45) is 0 Å². The molecule has 1 aromatic carbocycles. The number of aldehydes is 1. The van der Waals surface area contributed by atoms with Gasteiger partial charge in [0.05, 0.1) is 10.4 Å². The lowest BCUT2D eigenvalue weighted by Crippen LogP contribution is -2.22. The van der Waals surface area contributed by atoms with Crippen LogP contribution in [0.3, 0.4) is 0 Å². The highest BCUT2D eigenvalue weighted by Gasteiger charge is 2.22. The van der Waals surface area contributed by atoms with Gasteiger partial charge in [0.1, 0.15) is 5.00 Å². The number of rotatable bonds is 8. The van der Waals surface area contributed by atoms with E-state index >= 15 is 0 Å². The molecule has 0 fully saturated rings. The van der Waals surface area contributed by atoms with Crippen molar-refractivity contribution in [2.45, 2.75) is 27.3 Å². The molecule has 1 aromatic heterocycles. The molecule has 2 rings (SSSR count). The molecule has 0 radical (unpaired) electrons. The van der Waals surface area contributed by atoms with Crippen molar-refractivity contribution in [1.29, 1.82) is 0 Å². The van der Waals surface area contributed by atoms with Crippen molar-refractivity contribution < 1.29 is 19.5 Å². The first kappa shape index (κ1) is 19.8. The Morgan fingerprint density at radius 1 is 1.27 bits per heavy atom. The van der Waals surface area contributed by atoms with Gasteiger partial charge in [0.15, 0.2) is 6.29 Å². The summed E-state index contributed by atoms with van der Waals surface area (Å²) in [5.41, 5.74) is 1.79. The number of benzene rings is 1. The zero-order valence-corrected chi connectivity index (χ0v) is 15.9. The van der Waals surface area contributed by atoms with E-state index in [-0.39, 0.29) is 10.6 Å². The molecule has 0 spiro atoms. The SMILES string of the molecule is CCN(CC)Cc1cccc(C(=O)Nc2sc(C=O)c(C)c2C(=O)O)c1. The summed E-state index contributed by atoms with van der Waals surface area (Å²) in [6.07, 6.45) is 0.604. The second-order valence-corrected chi connectivity index (χ2v) is 6.89. The van der Waals surface area contributed by atoms with Gasteiger partial charge in [-0.1, -0.05) is 26.0 Å². The van der Waals surface area contributed by atoms with Crippen molar-refractivity contribution in [3.8, 4) is 0 Å². The predicted octanol–water partition coefficient (Wildman–Crippen LogP) is 3.66. The number of carboxylic acids is 1. The van der Waals surface area contributed by atoms with Gasteiger partial charge in [0.25, 0.3) is 5.91 Å². The summed E-state index contributed by atoms with van der Waals surface area (Å²) in [6, 6.07) is 7.25. The van der Waals surface area contributed by atoms with Crippen LogP contribution in [-0.2, 0) is 6.54 Å². The van der Waals surface area contributed by atoms with Crippen LogP contribution >= 0.6 is 11.3 Å². The van der Waals surface area contributed by atoms with Crippen LogP contribution in [0, 0.1) is 6.92 Å². The van der Waals surface area contributed by atoms with Crippen LogP contribution < -0.4 is 5.32 Å². The molecule has 1 heterocycles. The lowest BCUT2D eigenvalue weighted by Gasteiger charge is -2.18. The lowest BCUT2D eigenvalue weighted by atomic mass is 10.1. The van der Waals surface area contributed by atoms with E-state index in [1.807, 2.05) is 12.1 Å². The fraction of sp³-hybridized carbons (Fsp3) is 0.316. The minimum atomic E-state index is -1.17. The van der Waals surface area contributed by atoms with Crippen LogP contribution in [0.4, 0.5) is 5.00 Å². The van der Waals surface area contributed by atoms with Crippen molar-refractivity contribution in [2.75, 3.05) is 18.4 Å². The first-order valence-electron chi connectivity index (χ1n) is 8.35. The molecule has 2 N–H and O–H groups in total. The van der Waals surface area contributed by atoms with Crippen LogP contribution in [0.5, 0.6) is 0 Å². The number of nitrogens with one attached hydrogen (secondary N) is 1. The number of carboxylic acid groups (broad SMARTS) is 1. The summed E-state index contributed by atoms with van der Waals surface area (Å²) in [5.74, 6) is -1.56. The molecule has 0 bridgehead atoms. The molecule has 0 aliphatic heterocycles. The van der Waals surface area contributed by atoms with Crippen LogP contribution in [0.25, 0.3) is 0 Å². The zero-order valence-electron chi connectivity index (χ0n) is 15.0. The van der Waals surface area contributed by atoms with Gasteiger partial charge < -0.3 is 10.4 Å². The molecule has 0 aliphatic carbocycles. The largest absolute Gasteiger partial charge is 0.478 e. The molecular weight excluding hydrogens is 352 g/mol. The standard InChI is InChI=1S/C19H22N2O4S/c1-4-21(5-2)10-13-7-6-8-14(9-13)17(23)20-18-16(19(24)25)12(3)15(11-22)26-18/h6-9,11H,4-5,10H2,1-3H3,(H,20,23)(H,24,25). The molecule has 0 saturated heterocycles. The first-order valence-corrected chi connectivity index (χ1v) is 9.17. The van der Waals surface area contributed by atoms with Gasteiger partial charge in [-0.3, -0.25) is 14.5 Å². The van der Waals surface area contributed by atoms with E-state index in [4.69, 9.17) is 0 Å². The number of thiophene rings is 1. The summed E-state index contributed by atoms with van der Waals surface area (Å²) < 4.78 is 0. The highest BCUT2D eigenvalue weighted by Crippen LogP contribution is 2.32. The number of nitrogens with zero attached hydrogens (tertiary/aromatic N) is 1. The second kappa shape index (κ2) is 8.73. The maximum Gasteiger partial charge on any atom is 0.339 e. The van der Waals surface area contributed by atoms with Gasteiger partial charge in [0.2, 0.25) is 0 Å². The van der Waals surface area contributed by atoms with E-state index in [0.29, 0.717) is 22.3 Å². The molecule has 6 nitrogen and oxygen atoms in total. The van der Waals surface area contributed by atoms with Crippen LogP contribution in [0.2, 0.25) is 0 Å². The van der Waals surface area contributed by atoms with E-state index in [0.717, 1.165) is 36.5 Å². The predicted molar refractivity (Wildman–Crippen MR) is 102 cm³/mol. The Balaban J connectivity index is 2.26. The number of carbonyl (C=O) groups excluding carboxylic acids is 2. The molecule has 138 valence electrons. The van der Waals surface area contributed by atoms with E-state index in [9.17, 15) is 19.5 Å². The number of aromatic carboxylic acids is 1. The van der Waals surface area contributed by atoms with Gasteiger partial charge >= 0.3 is 5.97 Å². The van der Waals surface area contributed by atoms with Gasteiger partial charge in [-0.15, -0.1) is 11.3 Å². The average molecular weight is 374 g/mol. The molecule has 0 atom stereocenters. The number of hydrogen-bond acceptors (Lipinski definition) is 5. The van der Waals surface area contributed by atoms with E-state index in [1.54, 1.807) is 19.1 Å². The van der Waals surface area contributed by atoms with E-state index in [2.05, 4.69) is 24.1 Å². The summed E-state index contributed by atoms with van der Waals surface area (Å²) in [6.45, 7) is 8.29. The number of carbonyl (C=O) groups is 3. The second-order valence-electron chi connectivity index (χ2n) is 5.83. The minimum Gasteiger partial charge on any atom is -0.478 e. The summed E-state index contributed by atoms with van der Waals surface area (Å²) in [5, 5.41) is 12.2. The van der Waals surface area contributed by atoms with Gasteiger partial charge in [-0.05, 0) is 43.3 Å². The van der Waals surface area contributed by atoms with E-state index in [1.165, 1.54) is 0 Å². The molecule has 0 unspecified atom stereocenters. The molecular formula is C19H22N2O4S. The molecule has 2 aromatic rings. The average Bonchev–Trinajstić information content (AvgIpc) is 2.95. The summed E-state index contributed by atoms with van der Waals surface area (Å²) in [7, 11) is 0. The third-order valence-electron chi connectivity index (χ3n) is 4.22.